The van der Waals surface area contributed by atoms with E-state index >= 15 is 0 Å². The Morgan fingerprint density at radius 2 is 1.21 bits per heavy atom. The van der Waals surface area contributed by atoms with Gasteiger partial charge in [0.1, 0.15) is 6.61 Å². The summed E-state index contributed by atoms with van der Waals surface area (Å²) in [6, 6.07) is 11.6. The Bertz CT molecular complexity index is 1320. The zero-order valence-electron chi connectivity index (χ0n) is 17.6. The van der Waals surface area contributed by atoms with Crippen molar-refractivity contribution < 1.29 is 22.3 Å². The molecule has 33 heavy (non-hydrogen) atoms. The van der Waals surface area contributed by atoms with Gasteiger partial charge in [0, 0.05) is 23.5 Å². The third-order valence-corrected chi connectivity index (χ3v) is 5.01. The van der Waals surface area contributed by atoms with Gasteiger partial charge in [0.2, 0.25) is 5.82 Å². The van der Waals surface area contributed by atoms with Gasteiger partial charge >= 0.3 is 0 Å². The van der Waals surface area contributed by atoms with E-state index in [0.717, 1.165) is 5.56 Å². The molecule has 0 bridgehead atoms. The van der Waals surface area contributed by atoms with Crippen molar-refractivity contribution in [3.05, 3.63) is 102 Å². The molecule has 4 aromatic rings. The van der Waals surface area contributed by atoms with E-state index in [1.165, 1.54) is 67.0 Å². The van der Waals surface area contributed by atoms with Gasteiger partial charge in [-0.3, -0.25) is 0 Å². The Morgan fingerprint density at radius 3 is 1.79 bits per heavy atom. The summed E-state index contributed by atoms with van der Waals surface area (Å²) >= 11 is 0. The van der Waals surface area contributed by atoms with Crippen LogP contribution in [0.5, 0.6) is 5.75 Å². The summed E-state index contributed by atoms with van der Waals surface area (Å²) in [7, 11) is 0. The Hall–Kier alpha value is -4.00. The van der Waals surface area contributed by atoms with Gasteiger partial charge in [0.15, 0.2) is 29.0 Å². The number of rotatable bonds is 6. The first kappa shape index (κ1) is 22.2. The normalized spacial score (nSPS) is 10.8. The Morgan fingerprint density at radius 1 is 0.727 bits per heavy atom. The Kier molecular flexibility index (Phi) is 6.22. The van der Waals surface area contributed by atoms with Crippen molar-refractivity contribution in [2.45, 2.75) is 6.92 Å². The molecule has 4 rings (SSSR count). The molecule has 0 saturated carbocycles. The number of benzene rings is 3. The third-order valence-electron chi connectivity index (χ3n) is 5.01. The smallest absolute Gasteiger partial charge is 0.201 e. The molecular formula is C26H18F4N2O. The molecule has 1 aromatic heterocycles. The standard InChI is InChI=1S/C26H18F4N2O/c1-3-12-33-21-11-10-19(23(28)25(21)30)17-6-4-16(5-7-17)18-8-9-20(24(29)22(18)27)26-31-13-15(2)14-32-26/h3-11,13-14H,1,12H2,2H3. The van der Waals surface area contributed by atoms with Crippen LogP contribution in [0.3, 0.4) is 0 Å². The molecule has 1 heterocycles. The van der Waals surface area contributed by atoms with E-state index in [1.54, 1.807) is 6.92 Å². The number of aryl methyl sites for hydroxylation is 1. The molecule has 0 unspecified atom stereocenters. The van der Waals surface area contributed by atoms with E-state index in [-0.39, 0.29) is 34.9 Å². The lowest BCUT2D eigenvalue weighted by atomic mass is 9.98. The Balaban J connectivity index is 1.65. The average Bonchev–Trinajstić information content (AvgIpc) is 2.83. The van der Waals surface area contributed by atoms with E-state index in [0.29, 0.717) is 11.1 Å². The second-order valence-electron chi connectivity index (χ2n) is 7.29. The van der Waals surface area contributed by atoms with Gasteiger partial charge in [-0.05, 0) is 41.8 Å². The fourth-order valence-corrected chi connectivity index (χ4v) is 3.32. The Labute approximate surface area is 188 Å². The minimum absolute atomic E-state index is 0.0172. The van der Waals surface area contributed by atoms with Crippen molar-refractivity contribution in [2.24, 2.45) is 0 Å². The largest absolute Gasteiger partial charge is 0.486 e. The van der Waals surface area contributed by atoms with Crippen LogP contribution in [0.1, 0.15) is 5.56 Å². The first-order chi connectivity index (χ1) is 15.9. The highest BCUT2D eigenvalue weighted by Gasteiger charge is 2.19. The van der Waals surface area contributed by atoms with Crippen LogP contribution in [0.25, 0.3) is 33.6 Å². The van der Waals surface area contributed by atoms with Crippen molar-refractivity contribution in [2.75, 3.05) is 6.61 Å². The molecule has 0 radical (unpaired) electrons. The molecule has 0 amide bonds. The van der Waals surface area contributed by atoms with E-state index in [4.69, 9.17) is 4.74 Å². The van der Waals surface area contributed by atoms with Crippen molar-refractivity contribution in [3.8, 4) is 39.4 Å². The molecule has 0 aliphatic carbocycles. The van der Waals surface area contributed by atoms with Crippen molar-refractivity contribution in [3.63, 3.8) is 0 Å². The molecule has 3 aromatic carbocycles. The van der Waals surface area contributed by atoms with Crippen molar-refractivity contribution >= 4 is 0 Å². The summed E-state index contributed by atoms with van der Waals surface area (Å²) in [5, 5.41) is 0. The van der Waals surface area contributed by atoms with Crippen LogP contribution in [-0.2, 0) is 0 Å². The predicted molar refractivity (Wildman–Crippen MR) is 119 cm³/mol. The first-order valence-corrected chi connectivity index (χ1v) is 10.00. The SMILES string of the molecule is C=CCOc1ccc(-c2ccc(-c3ccc(-c4ncc(C)cn4)c(F)c3F)cc2)c(F)c1F. The molecule has 0 N–H and O–H groups in total. The molecule has 166 valence electrons. The van der Waals surface area contributed by atoms with Crippen LogP contribution < -0.4 is 4.74 Å². The number of aromatic nitrogens is 2. The fraction of sp³-hybridized carbons (Fsp3) is 0.0769. The lowest BCUT2D eigenvalue weighted by Gasteiger charge is -2.11. The van der Waals surface area contributed by atoms with E-state index < -0.39 is 23.3 Å². The van der Waals surface area contributed by atoms with Crippen LogP contribution >= 0.6 is 0 Å². The fourth-order valence-electron chi connectivity index (χ4n) is 3.32. The molecule has 3 nitrogen and oxygen atoms in total. The molecule has 0 fully saturated rings. The second kappa shape index (κ2) is 9.24. The van der Waals surface area contributed by atoms with Crippen LogP contribution in [0.4, 0.5) is 17.6 Å². The number of hydrogen-bond donors (Lipinski definition) is 0. The maximum Gasteiger partial charge on any atom is 0.201 e. The number of halogens is 4. The predicted octanol–water partition coefficient (Wildman–Crippen LogP) is 6.91. The van der Waals surface area contributed by atoms with Crippen molar-refractivity contribution in [1.29, 1.82) is 0 Å². The van der Waals surface area contributed by atoms with E-state index in [1.807, 2.05) is 0 Å². The van der Waals surface area contributed by atoms with Gasteiger partial charge in [0.25, 0.3) is 0 Å². The minimum Gasteiger partial charge on any atom is -0.486 e. The second-order valence-corrected chi connectivity index (χ2v) is 7.29. The van der Waals surface area contributed by atoms with E-state index in [2.05, 4.69) is 16.5 Å². The monoisotopic (exact) mass is 450 g/mol. The van der Waals surface area contributed by atoms with Crippen LogP contribution in [0.2, 0.25) is 0 Å². The zero-order chi connectivity index (χ0) is 23.5. The van der Waals surface area contributed by atoms with E-state index in [9.17, 15) is 17.6 Å². The van der Waals surface area contributed by atoms with Gasteiger partial charge in [-0.1, -0.05) is 43.0 Å². The quantitative estimate of drug-likeness (QED) is 0.237. The summed E-state index contributed by atoms with van der Waals surface area (Å²) in [4.78, 5) is 8.08. The van der Waals surface area contributed by atoms with Gasteiger partial charge in [-0.2, -0.15) is 4.39 Å². The maximum atomic E-state index is 14.8. The maximum absolute atomic E-state index is 14.8. The molecule has 0 saturated heterocycles. The highest BCUT2D eigenvalue weighted by atomic mass is 19.2. The summed E-state index contributed by atoms with van der Waals surface area (Å²) in [6.07, 6.45) is 4.46. The van der Waals surface area contributed by atoms with Gasteiger partial charge < -0.3 is 4.74 Å². The van der Waals surface area contributed by atoms with Gasteiger partial charge in [0.05, 0.1) is 5.56 Å². The minimum atomic E-state index is -1.11. The zero-order valence-corrected chi connectivity index (χ0v) is 17.6. The number of ether oxygens (including phenoxy) is 1. The number of nitrogens with zero attached hydrogens (tertiary/aromatic N) is 2. The molecule has 0 spiro atoms. The molecule has 0 atom stereocenters. The van der Waals surface area contributed by atoms with Crippen LogP contribution in [0.15, 0.2) is 73.6 Å². The number of hydrogen-bond acceptors (Lipinski definition) is 3. The molecule has 7 heteroatoms. The summed E-state index contributed by atoms with van der Waals surface area (Å²) in [5.41, 5.74) is 1.53. The average molecular weight is 450 g/mol. The molecular weight excluding hydrogens is 432 g/mol. The van der Waals surface area contributed by atoms with Gasteiger partial charge in [-0.15, -0.1) is 0 Å². The highest BCUT2D eigenvalue weighted by Crippen LogP contribution is 2.33. The van der Waals surface area contributed by atoms with Crippen LogP contribution in [0, 0.1) is 30.2 Å². The lowest BCUT2D eigenvalue weighted by Crippen LogP contribution is -1.99. The third kappa shape index (κ3) is 4.35. The highest BCUT2D eigenvalue weighted by molar-refractivity contribution is 5.73. The lowest BCUT2D eigenvalue weighted by molar-refractivity contribution is 0.333. The molecule has 0 aliphatic heterocycles. The van der Waals surface area contributed by atoms with Crippen molar-refractivity contribution in [1.82, 2.24) is 9.97 Å². The summed E-state index contributed by atoms with van der Waals surface area (Å²) < 4.78 is 63.5. The summed E-state index contributed by atoms with van der Waals surface area (Å²) in [5.74, 6) is -4.43. The topological polar surface area (TPSA) is 35.0 Å². The first-order valence-electron chi connectivity index (χ1n) is 10.00. The van der Waals surface area contributed by atoms with Gasteiger partial charge in [-0.25, -0.2) is 23.1 Å². The van der Waals surface area contributed by atoms with Crippen LogP contribution in [-0.4, -0.2) is 16.6 Å². The summed E-state index contributed by atoms with van der Waals surface area (Å²) in [6.45, 7) is 5.30. The molecule has 0 aliphatic rings.